The van der Waals surface area contributed by atoms with Gasteiger partial charge in [0, 0.05) is 13.1 Å². The average molecular weight is 353 g/mol. The standard InChI is InChI=1S/C21H27N3O2/c1-4-14-24(15-5-2)21(26)19-13-9-12-18(23-19)20(25)22-16(3)17-10-7-6-8-11-17/h6-13,16H,4-5,14-15H2,1-3H3,(H,22,25). The van der Waals surface area contributed by atoms with Crippen molar-refractivity contribution in [3.63, 3.8) is 0 Å². The Morgan fingerprint density at radius 1 is 0.962 bits per heavy atom. The van der Waals surface area contributed by atoms with Crippen LogP contribution in [-0.4, -0.2) is 34.8 Å². The minimum atomic E-state index is -0.284. The van der Waals surface area contributed by atoms with E-state index in [0.29, 0.717) is 18.8 Å². The second-order valence-electron chi connectivity index (χ2n) is 6.31. The first-order chi connectivity index (χ1) is 12.6. The van der Waals surface area contributed by atoms with Gasteiger partial charge in [-0.1, -0.05) is 50.2 Å². The zero-order valence-electron chi connectivity index (χ0n) is 15.7. The highest BCUT2D eigenvalue weighted by molar-refractivity contribution is 5.96. The summed E-state index contributed by atoms with van der Waals surface area (Å²) in [4.78, 5) is 31.3. The largest absolute Gasteiger partial charge is 0.344 e. The van der Waals surface area contributed by atoms with Crippen LogP contribution in [0.1, 0.15) is 66.2 Å². The minimum absolute atomic E-state index is 0.126. The van der Waals surface area contributed by atoms with Crippen LogP contribution in [-0.2, 0) is 0 Å². The molecule has 0 aliphatic heterocycles. The van der Waals surface area contributed by atoms with Gasteiger partial charge in [-0.3, -0.25) is 9.59 Å². The van der Waals surface area contributed by atoms with Crippen LogP contribution < -0.4 is 5.32 Å². The fraction of sp³-hybridized carbons (Fsp3) is 0.381. The number of pyridine rings is 1. The highest BCUT2D eigenvalue weighted by atomic mass is 16.2. The van der Waals surface area contributed by atoms with Crippen LogP contribution in [0.3, 0.4) is 0 Å². The molecule has 1 unspecified atom stereocenters. The van der Waals surface area contributed by atoms with Crippen molar-refractivity contribution >= 4 is 11.8 Å². The molecule has 138 valence electrons. The van der Waals surface area contributed by atoms with Crippen LogP contribution in [0, 0.1) is 0 Å². The van der Waals surface area contributed by atoms with Crippen molar-refractivity contribution in [2.24, 2.45) is 0 Å². The molecule has 1 N–H and O–H groups in total. The van der Waals surface area contributed by atoms with Crippen LogP contribution in [0.25, 0.3) is 0 Å². The fourth-order valence-electron chi connectivity index (χ4n) is 2.79. The monoisotopic (exact) mass is 353 g/mol. The van der Waals surface area contributed by atoms with E-state index in [2.05, 4.69) is 10.3 Å². The van der Waals surface area contributed by atoms with E-state index in [0.717, 1.165) is 18.4 Å². The maximum Gasteiger partial charge on any atom is 0.272 e. The summed E-state index contributed by atoms with van der Waals surface area (Å²) >= 11 is 0. The summed E-state index contributed by atoms with van der Waals surface area (Å²) in [5, 5.41) is 2.93. The Morgan fingerprint density at radius 2 is 1.58 bits per heavy atom. The Balaban J connectivity index is 2.12. The SMILES string of the molecule is CCCN(CCC)C(=O)c1cccc(C(=O)NC(C)c2ccccc2)n1. The van der Waals surface area contributed by atoms with Crippen molar-refractivity contribution in [3.8, 4) is 0 Å². The third-order valence-electron chi connectivity index (χ3n) is 4.12. The molecule has 26 heavy (non-hydrogen) atoms. The second kappa shape index (κ2) is 9.70. The quantitative estimate of drug-likeness (QED) is 0.784. The molecule has 1 atom stereocenters. The molecule has 2 rings (SSSR count). The molecule has 0 bridgehead atoms. The number of nitrogens with zero attached hydrogens (tertiary/aromatic N) is 2. The summed E-state index contributed by atoms with van der Waals surface area (Å²) in [6.45, 7) is 7.38. The average Bonchev–Trinajstić information content (AvgIpc) is 2.68. The van der Waals surface area contributed by atoms with Crippen LogP contribution in [0.5, 0.6) is 0 Å². The van der Waals surface area contributed by atoms with E-state index >= 15 is 0 Å². The van der Waals surface area contributed by atoms with E-state index < -0.39 is 0 Å². The number of nitrogens with one attached hydrogen (secondary N) is 1. The van der Waals surface area contributed by atoms with E-state index in [1.54, 1.807) is 23.1 Å². The van der Waals surface area contributed by atoms with Crippen molar-refractivity contribution < 1.29 is 9.59 Å². The number of amides is 2. The number of aromatic nitrogens is 1. The number of rotatable bonds is 8. The van der Waals surface area contributed by atoms with Gasteiger partial charge >= 0.3 is 0 Å². The van der Waals surface area contributed by atoms with Gasteiger partial charge in [0.1, 0.15) is 11.4 Å². The smallest absolute Gasteiger partial charge is 0.272 e. The Hall–Kier alpha value is -2.69. The molecule has 0 aliphatic carbocycles. The maximum absolute atomic E-state index is 12.7. The molecule has 0 radical (unpaired) electrons. The highest BCUT2D eigenvalue weighted by Gasteiger charge is 2.18. The third-order valence-corrected chi connectivity index (χ3v) is 4.12. The molecule has 0 saturated carbocycles. The van der Waals surface area contributed by atoms with Gasteiger partial charge < -0.3 is 10.2 Å². The summed E-state index contributed by atoms with van der Waals surface area (Å²) in [5.74, 6) is -0.409. The van der Waals surface area contributed by atoms with Crippen LogP contribution >= 0.6 is 0 Å². The Kier molecular flexibility index (Phi) is 7.33. The molecular weight excluding hydrogens is 326 g/mol. The molecule has 5 nitrogen and oxygen atoms in total. The summed E-state index contributed by atoms with van der Waals surface area (Å²) in [5.41, 5.74) is 1.59. The molecule has 2 aromatic rings. The van der Waals surface area contributed by atoms with Crippen LogP contribution in [0.15, 0.2) is 48.5 Å². The van der Waals surface area contributed by atoms with Crippen molar-refractivity contribution in [2.75, 3.05) is 13.1 Å². The van der Waals surface area contributed by atoms with Gasteiger partial charge in [-0.25, -0.2) is 4.98 Å². The lowest BCUT2D eigenvalue weighted by molar-refractivity contribution is 0.0749. The van der Waals surface area contributed by atoms with E-state index in [1.165, 1.54) is 0 Å². The Labute approximate surface area is 155 Å². The summed E-state index contributed by atoms with van der Waals surface area (Å²) in [6.07, 6.45) is 1.78. The maximum atomic E-state index is 12.7. The van der Waals surface area contributed by atoms with Gasteiger partial charge in [-0.15, -0.1) is 0 Å². The lowest BCUT2D eigenvalue weighted by Gasteiger charge is -2.21. The molecule has 5 heteroatoms. The molecule has 2 amide bonds. The Morgan fingerprint density at radius 3 is 2.19 bits per heavy atom. The van der Waals surface area contributed by atoms with E-state index in [9.17, 15) is 9.59 Å². The second-order valence-corrected chi connectivity index (χ2v) is 6.31. The van der Waals surface area contributed by atoms with Crippen molar-refractivity contribution in [1.29, 1.82) is 0 Å². The van der Waals surface area contributed by atoms with Gasteiger partial charge in [-0.2, -0.15) is 0 Å². The topological polar surface area (TPSA) is 62.3 Å². The van der Waals surface area contributed by atoms with Crippen molar-refractivity contribution in [3.05, 3.63) is 65.5 Å². The zero-order valence-corrected chi connectivity index (χ0v) is 15.7. The summed E-state index contributed by atoms with van der Waals surface area (Å²) in [7, 11) is 0. The first-order valence-electron chi connectivity index (χ1n) is 9.19. The number of carbonyl (C=O) groups is 2. The van der Waals surface area contributed by atoms with Crippen LogP contribution in [0.4, 0.5) is 0 Å². The van der Waals surface area contributed by atoms with Crippen molar-refractivity contribution in [1.82, 2.24) is 15.2 Å². The molecule has 1 aromatic carbocycles. The number of carbonyl (C=O) groups excluding carboxylic acids is 2. The van der Waals surface area contributed by atoms with Crippen LogP contribution in [0.2, 0.25) is 0 Å². The van der Waals surface area contributed by atoms with Crippen molar-refractivity contribution in [2.45, 2.75) is 39.7 Å². The van der Waals surface area contributed by atoms with E-state index in [-0.39, 0.29) is 23.6 Å². The van der Waals surface area contributed by atoms with Gasteiger partial charge in [-0.05, 0) is 37.5 Å². The Bertz CT molecular complexity index is 725. The molecular formula is C21H27N3O2. The van der Waals surface area contributed by atoms with E-state index in [4.69, 9.17) is 0 Å². The fourth-order valence-corrected chi connectivity index (χ4v) is 2.79. The number of hydrogen-bond donors (Lipinski definition) is 1. The number of benzene rings is 1. The minimum Gasteiger partial charge on any atom is -0.344 e. The summed E-state index contributed by atoms with van der Waals surface area (Å²) < 4.78 is 0. The third kappa shape index (κ3) is 5.15. The number of hydrogen-bond acceptors (Lipinski definition) is 3. The van der Waals surface area contributed by atoms with Gasteiger partial charge in [0.15, 0.2) is 0 Å². The van der Waals surface area contributed by atoms with Gasteiger partial charge in [0.25, 0.3) is 11.8 Å². The molecule has 1 heterocycles. The predicted octanol–water partition coefficient (Wildman–Crippen LogP) is 3.83. The molecule has 0 saturated heterocycles. The van der Waals surface area contributed by atoms with Gasteiger partial charge in [0.05, 0.1) is 6.04 Å². The molecule has 0 aliphatic rings. The first kappa shape index (κ1) is 19.6. The lowest BCUT2D eigenvalue weighted by Crippen LogP contribution is -2.34. The zero-order chi connectivity index (χ0) is 18.9. The highest BCUT2D eigenvalue weighted by Crippen LogP contribution is 2.12. The lowest BCUT2D eigenvalue weighted by atomic mass is 10.1. The molecule has 1 aromatic heterocycles. The first-order valence-corrected chi connectivity index (χ1v) is 9.19. The molecule has 0 fully saturated rings. The van der Waals surface area contributed by atoms with E-state index in [1.807, 2.05) is 51.1 Å². The van der Waals surface area contributed by atoms with Gasteiger partial charge in [0.2, 0.25) is 0 Å². The molecule has 0 spiro atoms. The normalized spacial score (nSPS) is 11.7. The predicted molar refractivity (Wildman–Crippen MR) is 103 cm³/mol. The summed E-state index contributed by atoms with van der Waals surface area (Å²) in [6, 6.07) is 14.6.